The van der Waals surface area contributed by atoms with Gasteiger partial charge >= 0.3 is 5.97 Å². The van der Waals surface area contributed by atoms with E-state index in [4.69, 9.17) is 10.5 Å². The molecule has 0 amide bonds. The lowest BCUT2D eigenvalue weighted by molar-refractivity contribution is -0.145. The number of sulfone groups is 1. The van der Waals surface area contributed by atoms with Crippen LogP contribution < -0.4 is 5.73 Å². The Hall–Kier alpha value is -1.47. The lowest BCUT2D eigenvalue weighted by Gasteiger charge is -2.10. The normalized spacial score (nSPS) is 28.2. The van der Waals surface area contributed by atoms with Crippen LogP contribution in [0, 0.1) is 5.82 Å². The SMILES string of the molecule is CCOC(=O)[C@@]1(N)[C@H](S(=O)(=O)CC)[C@@H]1c1ccc(F)cc1. The first-order valence-electron chi connectivity index (χ1n) is 6.72. The fourth-order valence-corrected chi connectivity index (χ4v) is 4.59. The van der Waals surface area contributed by atoms with Crippen molar-refractivity contribution < 1.29 is 22.3 Å². The van der Waals surface area contributed by atoms with Gasteiger partial charge < -0.3 is 10.5 Å². The van der Waals surface area contributed by atoms with Crippen molar-refractivity contribution in [3.05, 3.63) is 35.6 Å². The van der Waals surface area contributed by atoms with Gasteiger partial charge in [-0.15, -0.1) is 0 Å². The van der Waals surface area contributed by atoms with E-state index in [0.717, 1.165) is 0 Å². The molecule has 0 bridgehead atoms. The van der Waals surface area contributed by atoms with Gasteiger partial charge in [0.05, 0.1) is 11.9 Å². The zero-order valence-corrected chi connectivity index (χ0v) is 12.7. The molecule has 5 nitrogen and oxygen atoms in total. The predicted molar refractivity (Wildman–Crippen MR) is 75.9 cm³/mol. The molecule has 2 N–H and O–H groups in total. The van der Waals surface area contributed by atoms with Gasteiger partial charge in [0.25, 0.3) is 0 Å². The highest BCUT2D eigenvalue weighted by Gasteiger charge is 2.74. The lowest BCUT2D eigenvalue weighted by atomic mass is 10.1. The summed E-state index contributed by atoms with van der Waals surface area (Å²) in [6, 6.07) is 5.34. The van der Waals surface area contributed by atoms with Gasteiger partial charge in [-0.05, 0) is 24.6 Å². The minimum Gasteiger partial charge on any atom is -0.465 e. The summed E-state index contributed by atoms with van der Waals surface area (Å²) in [6.07, 6.45) is 0. The quantitative estimate of drug-likeness (QED) is 0.819. The molecule has 1 aliphatic carbocycles. The molecule has 1 fully saturated rings. The molecule has 1 aliphatic rings. The molecule has 2 rings (SSSR count). The number of benzene rings is 1. The predicted octanol–water partition coefficient (Wildman–Crippen LogP) is 0.987. The van der Waals surface area contributed by atoms with E-state index in [1.165, 1.54) is 31.2 Å². The van der Waals surface area contributed by atoms with E-state index < -0.39 is 38.3 Å². The van der Waals surface area contributed by atoms with E-state index in [1.54, 1.807) is 6.92 Å². The van der Waals surface area contributed by atoms with Crippen LogP contribution >= 0.6 is 0 Å². The van der Waals surface area contributed by atoms with E-state index in [2.05, 4.69) is 0 Å². The molecule has 0 radical (unpaired) electrons. The highest BCUT2D eigenvalue weighted by Crippen LogP contribution is 2.55. The standard InChI is InChI=1S/C14H18FNO4S/c1-3-20-13(17)14(16)11(12(14)21(18,19)4-2)9-5-7-10(15)8-6-9/h5-8,11-12H,3-4,16H2,1-2H3/t11-,12+,14-/m0/s1. The maximum absolute atomic E-state index is 13.0. The van der Waals surface area contributed by atoms with Crippen LogP contribution in [-0.4, -0.2) is 37.5 Å². The average Bonchev–Trinajstić information content (AvgIpc) is 3.09. The Labute approximate surface area is 123 Å². The van der Waals surface area contributed by atoms with Crippen molar-refractivity contribution in [3.63, 3.8) is 0 Å². The molecule has 0 heterocycles. The van der Waals surface area contributed by atoms with Gasteiger partial charge in [-0.3, -0.25) is 0 Å². The third-order valence-electron chi connectivity index (χ3n) is 3.83. The highest BCUT2D eigenvalue weighted by atomic mass is 32.2. The van der Waals surface area contributed by atoms with Crippen molar-refractivity contribution in [1.29, 1.82) is 0 Å². The molecule has 1 saturated carbocycles. The first-order valence-corrected chi connectivity index (χ1v) is 8.43. The van der Waals surface area contributed by atoms with Crippen molar-refractivity contribution in [3.8, 4) is 0 Å². The van der Waals surface area contributed by atoms with Crippen LogP contribution in [0.25, 0.3) is 0 Å². The summed E-state index contributed by atoms with van der Waals surface area (Å²) in [5, 5.41) is -1.03. The topological polar surface area (TPSA) is 86.5 Å². The van der Waals surface area contributed by atoms with Gasteiger partial charge in [0, 0.05) is 11.7 Å². The number of carbonyl (C=O) groups is 1. The van der Waals surface area contributed by atoms with E-state index in [9.17, 15) is 17.6 Å². The highest BCUT2D eigenvalue weighted by molar-refractivity contribution is 7.92. The van der Waals surface area contributed by atoms with Crippen LogP contribution in [0.1, 0.15) is 25.3 Å². The molecular weight excluding hydrogens is 297 g/mol. The van der Waals surface area contributed by atoms with Crippen LogP contribution in [0.2, 0.25) is 0 Å². The minimum absolute atomic E-state index is 0.117. The summed E-state index contributed by atoms with van der Waals surface area (Å²) in [7, 11) is -3.52. The fraction of sp³-hybridized carbons (Fsp3) is 0.500. The Kier molecular flexibility index (Phi) is 4.08. The number of nitrogens with two attached hydrogens (primary N) is 1. The Balaban J connectivity index is 2.42. The average molecular weight is 315 g/mol. The summed E-state index contributed by atoms with van der Waals surface area (Å²) >= 11 is 0. The molecule has 116 valence electrons. The van der Waals surface area contributed by atoms with E-state index in [0.29, 0.717) is 5.56 Å². The first kappa shape index (κ1) is 15.9. The second-order valence-electron chi connectivity index (χ2n) is 5.05. The number of hydrogen-bond donors (Lipinski definition) is 1. The van der Waals surface area contributed by atoms with Crippen molar-refractivity contribution >= 4 is 15.8 Å². The van der Waals surface area contributed by atoms with Gasteiger partial charge in [0.1, 0.15) is 11.4 Å². The second kappa shape index (κ2) is 5.38. The number of hydrogen-bond acceptors (Lipinski definition) is 5. The molecule has 0 spiro atoms. The largest absolute Gasteiger partial charge is 0.465 e. The van der Waals surface area contributed by atoms with Gasteiger partial charge in [-0.1, -0.05) is 19.1 Å². The Morgan fingerprint density at radius 3 is 2.38 bits per heavy atom. The van der Waals surface area contributed by atoms with Crippen LogP contribution in [0.4, 0.5) is 4.39 Å². The smallest absolute Gasteiger partial charge is 0.328 e. The monoisotopic (exact) mass is 315 g/mol. The summed E-state index contributed by atoms with van der Waals surface area (Å²) in [6.45, 7) is 3.24. The first-order chi connectivity index (χ1) is 9.79. The molecule has 3 atom stereocenters. The van der Waals surface area contributed by atoms with Crippen molar-refractivity contribution in [2.24, 2.45) is 5.73 Å². The molecule has 1 aromatic rings. The van der Waals surface area contributed by atoms with Gasteiger partial charge in [0.15, 0.2) is 9.84 Å². The molecule has 0 aliphatic heterocycles. The van der Waals surface area contributed by atoms with Crippen LogP contribution in [0.5, 0.6) is 0 Å². The van der Waals surface area contributed by atoms with Crippen LogP contribution in [0.15, 0.2) is 24.3 Å². The summed E-state index contributed by atoms with van der Waals surface area (Å²) in [5.74, 6) is -2.00. The van der Waals surface area contributed by atoms with Crippen LogP contribution in [-0.2, 0) is 19.4 Å². The lowest BCUT2D eigenvalue weighted by Crippen LogP contribution is -2.41. The maximum Gasteiger partial charge on any atom is 0.328 e. The van der Waals surface area contributed by atoms with Gasteiger partial charge in [-0.2, -0.15) is 0 Å². The van der Waals surface area contributed by atoms with Gasteiger partial charge in [0.2, 0.25) is 0 Å². The van der Waals surface area contributed by atoms with Crippen LogP contribution in [0.3, 0.4) is 0 Å². The molecular formula is C14H18FNO4S. The maximum atomic E-state index is 13.0. The summed E-state index contributed by atoms with van der Waals surface area (Å²) in [5.41, 5.74) is 4.98. The minimum atomic E-state index is -3.52. The van der Waals surface area contributed by atoms with Crippen molar-refractivity contribution in [2.75, 3.05) is 12.4 Å². The summed E-state index contributed by atoms with van der Waals surface area (Å²) in [4.78, 5) is 12.1. The molecule has 1 aromatic carbocycles. The van der Waals surface area contributed by atoms with Gasteiger partial charge in [-0.25, -0.2) is 17.6 Å². The second-order valence-corrected chi connectivity index (χ2v) is 7.47. The number of halogens is 1. The Morgan fingerprint density at radius 2 is 1.90 bits per heavy atom. The molecule has 0 aromatic heterocycles. The number of ether oxygens (including phenoxy) is 1. The van der Waals surface area contributed by atoms with E-state index in [1.807, 2.05) is 0 Å². The van der Waals surface area contributed by atoms with Crippen molar-refractivity contribution in [2.45, 2.75) is 30.6 Å². The number of rotatable bonds is 5. The zero-order chi connectivity index (χ0) is 15.8. The third-order valence-corrected chi connectivity index (χ3v) is 6.07. The number of carbonyl (C=O) groups excluding carboxylic acids is 1. The molecule has 0 saturated heterocycles. The summed E-state index contributed by atoms with van der Waals surface area (Å²) < 4.78 is 42.3. The molecule has 0 unspecified atom stereocenters. The number of esters is 1. The Morgan fingerprint density at radius 1 is 1.33 bits per heavy atom. The third kappa shape index (κ3) is 2.55. The Bertz CT molecular complexity index is 643. The molecule has 7 heteroatoms. The molecule has 21 heavy (non-hydrogen) atoms. The van der Waals surface area contributed by atoms with E-state index in [-0.39, 0.29) is 12.4 Å². The van der Waals surface area contributed by atoms with E-state index >= 15 is 0 Å². The van der Waals surface area contributed by atoms with Crippen molar-refractivity contribution in [1.82, 2.24) is 0 Å². The zero-order valence-electron chi connectivity index (χ0n) is 11.9. The fourth-order valence-electron chi connectivity index (χ4n) is 2.68.